The number of carbonyl (C=O) groups is 1. The van der Waals surface area contributed by atoms with Gasteiger partial charge in [0, 0.05) is 13.1 Å². The van der Waals surface area contributed by atoms with Gasteiger partial charge in [-0.3, -0.25) is 4.79 Å². The quantitative estimate of drug-likeness (QED) is 0.459. The van der Waals surface area contributed by atoms with Crippen molar-refractivity contribution in [3.63, 3.8) is 0 Å². The Balaban J connectivity index is 1.09. The molecule has 0 saturated carbocycles. The Kier molecular flexibility index (Phi) is 5.14. The number of hydrogen-bond acceptors (Lipinski definition) is 6. The Morgan fingerprint density at radius 3 is 2.42 bits per heavy atom. The molecular formula is C22H21N7O2. The first-order valence-corrected chi connectivity index (χ1v) is 10.1. The summed E-state index contributed by atoms with van der Waals surface area (Å²) in [5.41, 5.74) is 3.04. The van der Waals surface area contributed by atoms with Crippen LogP contribution >= 0.6 is 0 Å². The maximum absolute atomic E-state index is 12.4. The molecule has 0 aliphatic carbocycles. The van der Waals surface area contributed by atoms with Crippen molar-refractivity contribution in [3.05, 3.63) is 78.9 Å². The van der Waals surface area contributed by atoms with E-state index in [0.29, 0.717) is 25.4 Å². The van der Waals surface area contributed by atoms with E-state index in [1.807, 2.05) is 48.7 Å². The monoisotopic (exact) mass is 415 g/mol. The molecule has 2 aromatic heterocycles. The van der Waals surface area contributed by atoms with Crippen LogP contribution in [0.4, 0.5) is 0 Å². The molecule has 1 saturated heterocycles. The van der Waals surface area contributed by atoms with Crippen molar-refractivity contribution >= 4 is 5.91 Å². The van der Waals surface area contributed by atoms with E-state index in [4.69, 9.17) is 4.74 Å². The SMILES string of the molecule is O=C(COc1ccc(-c2ccccc2)cc1)N1CC(n2cc(Cn3nccn3)nn2)C1. The molecule has 0 bridgehead atoms. The summed E-state index contributed by atoms with van der Waals surface area (Å²) in [4.78, 5) is 15.7. The lowest BCUT2D eigenvalue weighted by atomic mass is 10.1. The number of ether oxygens (including phenoxy) is 1. The highest BCUT2D eigenvalue weighted by Gasteiger charge is 2.32. The zero-order valence-corrected chi connectivity index (χ0v) is 16.8. The molecule has 9 heteroatoms. The Morgan fingerprint density at radius 2 is 1.68 bits per heavy atom. The van der Waals surface area contributed by atoms with E-state index < -0.39 is 0 Å². The van der Waals surface area contributed by atoms with Gasteiger partial charge in [0.15, 0.2) is 6.61 Å². The summed E-state index contributed by atoms with van der Waals surface area (Å²) in [6, 6.07) is 18.0. The van der Waals surface area contributed by atoms with Gasteiger partial charge < -0.3 is 9.64 Å². The number of nitrogens with zero attached hydrogens (tertiary/aromatic N) is 7. The lowest BCUT2D eigenvalue weighted by molar-refractivity contribution is -0.139. The normalized spacial score (nSPS) is 13.7. The number of carbonyl (C=O) groups excluding carboxylic acids is 1. The van der Waals surface area contributed by atoms with E-state index in [0.717, 1.165) is 16.8 Å². The van der Waals surface area contributed by atoms with Crippen LogP contribution in [0, 0.1) is 0 Å². The summed E-state index contributed by atoms with van der Waals surface area (Å²) in [5.74, 6) is 0.641. The van der Waals surface area contributed by atoms with Gasteiger partial charge in [-0.05, 0) is 23.3 Å². The minimum absolute atomic E-state index is 0.0188. The van der Waals surface area contributed by atoms with Crippen molar-refractivity contribution in [2.45, 2.75) is 12.6 Å². The van der Waals surface area contributed by atoms with Crippen LogP contribution in [0.1, 0.15) is 11.7 Å². The fourth-order valence-electron chi connectivity index (χ4n) is 3.47. The van der Waals surface area contributed by atoms with E-state index in [2.05, 4.69) is 32.6 Å². The summed E-state index contributed by atoms with van der Waals surface area (Å²) >= 11 is 0. The van der Waals surface area contributed by atoms with Crippen LogP contribution in [0.5, 0.6) is 5.75 Å². The van der Waals surface area contributed by atoms with Gasteiger partial charge in [-0.1, -0.05) is 47.7 Å². The van der Waals surface area contributed by atoms with E-state index in [9.17, 15) is 4.79 Å². The Hall–Kier alpha value is -4.01. The van der Waals surface area contributed by atoms with Crippen LogP contribution in [-0.4, -0.2) is 60.5 Å². The summed E-state index contributed by atoms with van der Waals surface area (Å²) in [6.45, 7) is 1.68. The number of amides is 1. The molecule has 1 fully saturated rings. The topological polar surface area (TPSA) is 91.0 Å². The van der Waals surface area contributed by atoms with Gasteiger partial charge >= 0.3 is 0 Å². The third-order valence-corrected chi connectivity index (χ3v) is 5.24. The number of likely N-dealkylation sites (tertiary alicyclic amines) is 1. The van der Waals surface area contributed by atoms with E-state index in [1.54, 1.807) is 26.8 Å². The average molecular weight is 415 g/mol. The second kappa shape index (κ2) is 8.39. The minimum atomic E-state index is -0.0375. The Labute approximate surface area is 178 Å². The molecule has 0 atom stereocenters. The first-order valence-electron chi connectivity index (χ1n) is 10.1. The maximum Gasteiger partial charge on any atom is 0.260 e. The second-order valence-corrected chi connectivity index (χ2v) is 7.38. The molecule has 1 aliphatic rings. The van der Waals surface area contributed by atoms with E-state index >= 15 is 0 Å². The number of hydrogen-bond donors (Lipinski definition) is 0. The van der Waals surface area contributed by atoms with Crippen molar-refractivity contribution in [1.29, 1.82) is 0 Å². The van der Waals surface area contributed by atoms with Crippen LogP contribution in [0.15, 0.2) is 73.2 Å². The fraction of sp³-hybridized carbons (Fsp3) is 0.227. The molecule has 0 unspecified atom stereocenters. The number of aromatic nitrogens is 6. The predicted octanol–water partition coefficient (Wildman–Crippen LogP) is 2.05. The zero-order valence-electron chi connectivity index (χ0n) is 16.8. The lowest BCUT2D eigenvalue weighted by Crippen LogP contribution is -2.52. The summed E-state index contributed by atoms with van der Waals surface area (Å²) in [5, 5.41) is 16.4. The molecular weight excluding hydrogens is 394 g/mol. The number of rotatable bonds is 7. The fourth-order valence-corrected chi connectivity index (χ4v) is 3.47. The van der Waals surface area contributed by atoms with Crippen LogP contribution in [0.25, 0.3) is 11.1 Å². The van der Waals surface area contributed by atoms with Gasteiger partial charge in [-0.2, -0.15) is 15.0 Å². The van der Waals surface area contributed by atoms with Crippen molar-refractivity contribution in [2.24, 2.45) is 0 Å². The Bertz CT molecular complexity index is 1130. The molecule has 9 nitrogen and oxygen atoms in total. The molecule has 1 amide bonds. The highest BCUT2D eigenvalue weighted by molar-refractivity contribution is 5.78. The van der Waals surface area contributed by atoms with Gasteiger partial charge in [0.05, 0.1) is 24.6 Å². The average Bonchev–Trinajstić information content (AvgIpc) is 3.45. The molecule has 0 N–H and O–H groups in total. The maximum atomic E-state index is 12.4. The number of benzene rings is 2. The van der Waals surface area contributed by atoms with Crippen molar-refractivity contribution in [1.82, 2.24) is 34.9 Å². The smallest absolute Gasteiger partial charge is 0.260 e. The van der Waals surface area contributed by atoms with E-state index in [-0.39, 0.29) is 18.6 Å². The summed E-state index contributed by atoms with van der Waals surface area (Å²) < 4.78 is 7.47. The van der Waals surface area contributed by atoms with Crippen LogP contribution < -0.4 is 4.74 Å². The lowest BCUT2D eigenvalue weighted by Gasteiger charge is -2.38. The van der Waals surface area contributed by atoms with Crippen molar-refractivity contribution in [3.8, 4) is 16.9 Å². The third-order valence-electron chi connectivity index (χ3n) is 5.24. The molecule has 156 valence electrons. The standard InChI is InChI=1S/C22H21N7O2/c30-22(16-31-21-8-6-18(7-9-21)17-4-2-1-3-5-17)27-14-20(15-27)28-12-19(25-26-28)13-29-23-10-11-24-29/h1-12,20H,13-16H2. The molecule has 4 aromatic rings. The molecule has 2 aromatic carbocycles. The molecule has 3 heterocycles. The molecule has 5 rings (SSSR count). The molecule has 1 aliphatic heterocycles. The van der Waals surface area contributed by atoms with Crippen LogP contribution in [0.3, 0.4) is 0 Å². The summed E-state index contributed by atoms with van der Waals surface area (Å²) in [7, 11) is 0. The molecule has 0 radical (unpaired) electrons. The molecule has 0 spiro atoms. The third kappa shape index (κ3) is 4.30. The van der Waals surface area contributed by atoms with Crippen LogP contribution in [0.2, 0.25) is 0 Å². The van der Waals surface area contributed by atoms with E-state index in [1.165, 1.54) is 0 Å². The van der Waals surface area contributed by atoms with Gasteiger partial charge in [0.2, 0.25) is 0 Å². The first kappa shape index (κ1) is 19.0. The summed E-state index contributed by atoms with van der Waals surface area (Å²) in [6.07, 6.45) is 5.12. The predicted molar refractivity (Wildman–Crippen MR) is 112 cm³/mol. The van der Waals surface area contributed by atoms with Gasteiger partial charge in [0.1, 0.15) is 18.0 Å². The minimum Gasteiger partial charge on any atom is -0.484 e. The van der Waals surface area contributed by atoms with Crippen LogP contribution in [-0.2, 0) is 11.3 Å². The molecule has 31 heavy (non-hydrogen) atoms. The highest BCUT2D eigenvalue weighted by atomic mass is 16.5. The van der Waals surface area contributed by atoms with Gasteiger partial charge in [-0.25, -0.2) is 4.68 Å². The highest BCUT2D eigenvalue weighted by Crippen LogP contribution is 2.23. The van der Waals surface area contributed by atoms with Crippen molar-refractivity contribution < 1.29 is 9.53 Å². The van der Waals surface area contributed by atoms with Crippen molar-refractivity contribution in [2.75, 3.05) is 19.7 Å². The van der Waals surface area contributed by atoms with Gasteiger partial charge in [0.25, 0.3) is 5.91 Å². The van der Waals surface area contributed by atoms with Gasteiger partial charge in [-0.15, -0.1) is 5.10 Å². The second-order valence-electron chi connectivity index (χ2n) is 7.38. The first-order chi connectivity index (χ1) is 15.2. The largest absolute Gasteiger partial charge is 0.484 e. The Morgan fingerprint density at radius 1 is 0.968 bits per heavy atom. The zero-order chi connectivity index (χ0) is 21.0.